The van der Waals surface area contributed by atoms with Gasteiger partial charge in [0.1, 0.15) is 0 Å². The first-order valence-electron chi connectivity index (χ1n) is 7.28. The summed E-state index contributed by atoms with van der Waals surface area (Å²) in [5.41, 5.74) is 5.12. The number of anilines is 1. The van der Waals surface area contributed by atoms with E-state index in [1.54, 1.807) is 0 Å². The predicted octanol–water partition coefficient (Wildman–Crippen LogP) is 3.68. The summed E-state index contributed by atoms with van der Waals surface area (Å²) in [6, 6.07) is 14.1. The lowest BCUT2D eigenvalue weighted by molar-refractivity contribution is 0.252. The highest BCUT2D eigenvalue weighted by atomic mass is 16.2. The number of fused-ring (bicyclic) bond motifs is 1. The predicted molar refractivity (Wildman–Crippen MR) is 89.0 cm³/mol. The van der Waals surface area contributed by atoms with E-state index in [0.29, 0.717) is 12.5 Å². The van der Waals surface area contributed by atoms with E-state index in [9.17, 15) is 4.79 Å². The molecule has 2 aromatic carbocycles. The third-order valence-electron chi connectivity index (χ3n) is 3.45. The molecule has 0 aliphatic carbocycles. The zero-order chi connectivity index (χ0) is 15.5. The molecule has 0 aliphatic rings. The van der Waals surface area contributed by atoms with E-state index < -0.39 is 0 Å². The lowest BCUT2D eigenvalue weighted by Crippen LogP contribution is -2.28. The molecule has 1 aromatic heterocycles. The quantitative estimate of drug-likeness (QED) is 0.689. The van der Waals surface area contributed by atoms with Crippen molar-refractivity contribution in [1.29, 1.82) is 0 Å². The van der Waals surface area contributed by atoms with Gasteiger partial charge in [-0.1, -0.05) is 30.3 Å². The van der Waals surface area contributed by atoms with Gasteiger partial charge in [-0.25, -0.2) is 9.78 Å². The Balaban J connectivity index is 1.98. The number of carbonyl (C=O) groups is 1. The van der Waals surface area contributed by atoms with Crippen LogP contribution in [0.25, 0.3) is 22.2 Å². The zero-order valence-electron chi connectivity index (χ0n) is 12.6. The molecule has 0 saturated carbocycles. The highest BCUT2D eigenvalue weighted by Gasteiger charge is 2.10. The maximum atomic E-state index is 11.6. The molecule has 0 unspecified atom stereocenters. The van der Waals surface area contributed by atoms with E-state index >= 15 is 0 Å². The molecule has 0 fully saturated rings. The molecule has 112 valence electrons. The summed E-state index contributed by atoms with van der Waals surface area (Å²) in [5, 5.41) is 5.38. The minimum Gasteiger partial charge on any atom is -0.338 e. The average molecular weight is 294 g/mol. The summed E-state index contributed by atoms with van der Waals surface area (Å²) in [4.78, 5) is 19.2. The second-order valence-electron chi connectivity index (χ2n) is 5.13. The van der Waals surface area contributed by atoms with E-state index in [1.165, 1.54) is 0 Å². The summed E-state index contributed by atoms with van der Waals surface area (Å²) in [6.07, 6.45) is 0. The van der Waals surface area contributed by atoms with E-state index in [1.807, 2.05) is 38.1 Å². The van der Waals surface area contributed by atoms with Crippen LogP contribution in [-0.2, 0) is 0 Å². The van der Waals surface area contributed by atoms with Crippen molar-refractivity contribution in [3.8, 4) is 11.1 Å². The Morgan fingerprint density at radius 1 is 1.18 bits per heavy atom. The molecule has 0 spiro atoms. The summed E-state index contributed by atoms with van der Waals surface area (Å²) >= 11 is 0. The summed E-state index contributed by atoms with van der Waals surface area (Å²) in [7, 11) is 0. The van der Waals surface area contributed by atoms with Crippen molar-refractivity contribution < 1.29 is 4.79 Å². The second kappa shape index (κ2) is 5.89. The van der Waals surface area contributed by atoms with Gasteiger partial charge < -0.3 is 10.3 Å². The first kappa shape index (κ1) is 14.1. The molecule has 22 heavy (non-hydrogen) atoms. The normalized spacial score (nSPS) is 10.6. The zero-order valence-corrected chi connectivity index (χ0v) is 12.6. The van der Waals surface area contributed by atoms with Gasteiger partial charge in [-0.15, -0.1) is 0 Å². The largest absolute Gasteiger partial charge is 0.338 e. The Labute approximate surface area is 128 Å². The maximum absolute atomic E-state index is 11.6. The van der Waals surface area contributed by atoms with Crippen LogP contribution in [0.5, 0.6) is 0 Å². The molecule has 2 amide bonds. The Kier molecular flexibility index (Phi) is 3.78. The van der Waals surface area contributed by atoms with Crippen LogP contribution in [0.2, 0.25) is 0 Å². The number of aromatic amines is 1. The van der Waals surface area contributed by atoms with Crippen molar-refractivity contribution in [2.45, 2.75) is 13.8 Å². The minimum absolute atomic E-state index is 0.262. The number of H-pyrrole nitrogens is 1. The Bertz CT molecular complexity index is 808. The number of imidazole rings is 1. The van der Waals surface area contributed by atoms with Crippen molar-refractivity contribution in [3.05, 3.63) is 48.0 Å². The fourth-order valence-electron chi connectivity index (χ4n) is 2.46. The number of carbonyl (C=O) groups excluding carboxylic acids is 1. The minimum atomic E-state index is -0.262. The standard InChI is InChI=1S/C17H18N4O/c1-3-18-17(22)21-16-19-14-10-13(9-11(2)15(14)20-16)12-7-5-4-6-8-12/h4-10H,3H2,1-2H3,(H3,18,19,20,21,22). The third kappa shape index (κ3) is 2.79. The number of rotatable bonds is 3. The number of aryl methyl sites for hydroxylation is 1. The van der Waals surface area contributed by atoms with E-state index in [-0.39, 0.29) is 6.03 Å². The van der Waals surface area contributed by atoms with E-state index in [4.69, 9.17) is 0 Å². The smallest absolute Gasteiger partial charge is 0.321 e. The van der Waals surface area contributed by atoms with Gasteiger partial charge in [-0.2, -0.15) is 0 Å². The molecule has 0 atom stereocenters. The van der Waals surface area contributed by atoms with Crippen LogP contribution in [-0.4, -0.2) is 22.5 Å². The van der Waals surface area contributed by atoms with Crippen LogP contribution >= 0.6 is 0 Å². The fourth-order valence-corrected chi connectivity index (χ4v) is 2.46. The van der Waals surface area contributed by atoms with Gasteiger partial charge in [0.05, 0.1) is 11.0 Å². The highest BCUT2D eigenvalue weighted by molar-refractivity contribution is 5.91. The van der Waals surface area contributed by atoms with Gasteiger partial charge in [0, 0.05) is 6.54 Å². The van der Waals surface area contributed by atoms with Crippen LogP contribution in [0.15, 0.2) is 42.5 Å². The first-order valence-corrected chi connectivity index (χ1v) is 7.28. The summed E-state index contributed by atoms with van der Waals surface area (Å²) in [5.74, 6) is 0.453. The molecule has 1 heterocycles. The van der Waals surface area contributed by atoms with E-state index in [2.05, 4.69) is 38.8 Å². The third-order valence-corrected chi connectivity index (χ3v) is 3.45. The Hall–Kier alpha value is -2.82. The molecule has 5 nitrogen and oxygen atoms in total. The van der Waals surface area contributed by atoms with Gasteiger partial charge in [0.25, 0.3) is 0 Å². The SMILES string of the molecule is CCNC(=O)Nc1nc2c(C)cc(-c3ccccc3)cc2[nH]1. The number of hydrogen-bond acceptors (Lipinski definition) is 2. The van der Waals surface area contributed by atoms with Gasteiger partial charge in [-0.3, -0.25) is 5.32 Å². The van der Waals surface area contributed by atoms with E-state index in [0.717, 1.165) is 27.7 Å². The number of benzene rings is 2. The number of amides is 2. The molecule has 3 aromatic rings. The molecular weight excluding hydrogens is 276 g/mol. The Morgan fingerprint density at radius 3 is 2.68 bits per heavy atom. The topological polar surface area (TPSA) is 69.8 Å². The summed E-state index contributed by atoms with van der Waals surface area (Å²) < 4.78 is 0. The number of aromatic nitrogens is 2. The maximum Gasteiger partial charge on any atom is 0.321 e. The molecular formula is C17H18N4O. The van der Waals surface area contributed by atoms with Crippen LogP contribution in [0, 0.1) is 6.92 Å². The van der Waals surface area contributed by atoms with Crippen molar-refractivity contribution in [3.63, 3.8) is 0 Å². The van der Waals surface area contributed by atoms with Crippen LogP contribution < -0.4 is 10.6 Å². The van der Waals surface area contributed by atoms with Gasteiger partial charge >= 0.3 is 6.03 Å². The van der Waals surface area contributed by atoms with Crippen LogP contribution in [0.3, 0.4) is 0 Å². The molecule has 3 N–H and O–H groups in total. The highest BCUT2D eigenvalue weighted by Crippen LogP contribution is 2.27. The lowest BCUT2D eigenvalue weighted by atomic mass is 10.0. The molecule has 5 heteroatoms. The Morgan fingerprint density at radius 2 is 1.95 bits per heavy atom. The van der Waals surface area contributed by atoms with Gasteiger partial charge in [0.15, 0.2) is 0 Å². The second-order valence-corrected chi connectivity index (χ2v) is 5.13. The van der Waals surface area contributed by atoms with Crippen molar-refractivity contribution >= 4 is 23.0 Å². The van der Waals surface area contributed by atoms with Gasteiger partial charge in [-0.05, 0) is 42.7 Å². The molecule has 0 bridgehead atoms. The number of nitrogens with one attached hydrogen (secondary N) is 3. The average Bonchev–Trinajstić information content (AvgIpc) is 2.91. The van der Waals surface area contributed by atoms with Crippen molar-refractivity contribution in [1.82, 2.24) is 15.3 Å². The fraction of sp³-hybridized carbons (Fsp3) is 0.176. The van der Waals surface area contributed by atoms with Crippen LogP contribution in [0.4, 0.5) is 10.7 Å². The molecule has 3 rings (SSSR count). The molecule has 0 radical (unpaired) electrons. The number of nitrogens with zero attached hydrogens (tertiary/aromatic N) is 1. The molecule has 0 aliphatic heterocycles. The monoisotopic (exact) mass is 294 g/mol. The van der Waals surface area contributed by atoms with Crippen LogP contribution in [0.1, 0.15) is 12.5 Å². The lowest BCUT2D eigenvalue weighted by Gasteiger charge is -2.03. The van der Waals surface area contributed by atoms with Crippen molar-refractivity contribution in [2.75, 3.05) is 11.9 Å². The number of urea groups is 1. The van der Waals surface area contributed by atoms with Gasteiger partial charge in [0.2, 0.25) is 5.95 Å². The molecule has 0 saturated heterocycles. The summed E-state index contributed by atoms with van der Waals surface area (Å²) in [6.45, 7) is 4.46. The number of hydrogen-bond donors (Lipinski definition) is 3. The van der Waals surface area contributed by atoms with Crippen molar-refractivity contribution in [2.24, 2.45) is 0 Å². The first-order chi connectivity index (χ1) is 10.7.